The molecule has 0 aromatic heterocycles. The van der Waals surface area contributed by atoms with Crippen LogP contribution in [0.1, 0.15) is 39.0 Å². The maximum atomic E-state index is 12.6. The van der Waals surface area contributed by atoms with Crippen LogP contribution in [0.4, 0.5) is 13.2 Å². The van der Waals surface area contributed by atoms with Crippen molar-refractivity contribution in [3.8, 4) is 0 Å². The molecule has 1 aliphatic carbocycles. The predicted octanol–water partition coefficient (Wildman–Crippen LogP) is 2.42. The Labute approximate surface area is 116 Å². The Morgan fingerprint density at radius 3 is 2.55 bits per heavy atom. The molecule has 0 unspecified atom stereocenters. The highest BCUT2D eigenvalue weighted by Crippen LogP contribution is 2.37. The van der Waals surface area contributed by atoms with Gasteiger partial charge in [-0.15, -0.1) is 0 Å². The van der Waals surface area contributed by atoms with Crippen LogP contribution in [0.3, 0.4) is 0 Å². The number of ether oxygens (including phenoxy) is 1. The number of amides is 1. The Hall–Kier alpha value is -1.27. The molecule has 0 spiro atoms. The molecule has 0 bridgehead atoms. The van der Waals surface area contributed by atoms with Gasteiger partial charge < -0.3 is 10.1 Å². The molecule has 0 aliphatic heterocycles. The van der Waals surface area contributed by atoms with Gasteiger partial charge in [0.15, 0.2) is 0 Å². The minimum atomic E-state index is -4.21. The van der Waals surface area contributed by atoms with Crippen molar-refractivity contribution in [2.45, 2.75) is 51.2 Å². The number of esters is 1. The van der Waals surface area contributed by atoms with Crippen LogP contribution < -0.4 is 5.32 Å². The second-order valence-electron chi connectivity index (χ2n) is 5.30. The van der Waals surface area contributed by atoms with Gasteiger partial charge in [-0.1, -0.05) is 13.3 Å². The van der Waals surface area contributed by atoms with E-state index in [4.69, 9.17) is 0 Å². The van der Waals surface area contributed by atoms with E-state index in [2.05, 4.69) is 10.1 Å². The third-order valence-corrected chi connectivity index (χ3v) is 3.60. The smallest absolute Gasteiger partial charge is 0.391 e. The van der Waals surface area contributed by atoms with Gasteiger partial charge in [0.2, 0.25) is 5.91 Å². The van der Waals surface area contributed by atoms with E-state index in [0.29, 0.717) is 12.8 Å². The van der Waals surface area contributed by atoms with Gasteiger partial charge in [-0.3, -0.25) is 9.59 Å². The highest BCUT2D eigenvalue weighted by atomic mass is 19.4. The minimum Gasteiger partial charge on any atom is -0.469 e. The van der Waals surface area contributed by atoms with Gasteiger partial charge in [-0.25, -0.2) is 0 Å². The Kier molecular flexibility index (Phi) is 5.83. The van der Waals surface area contributed by atoms with Crippen molar-refractivity contribution in [3.63, 3.8) is 0 Å². The summed E-state index contributed by atoms with van der Waals surface area (Å²) in [6.07, 6.45) is -3.24. The zero-order chi connectivity index (χ0) is 15.3. The molecule has 1 saturated carbocycles. The Balaban J connectivity index is 2.44. The average molecular weight is 295 g/mol. The third kappa shape index (κ3) is 5.02. The molecule has 0 heterocycles. The fourth-order valence-corrected chi connectivity index (χ4v) is 2.47. The molecular weight excluding hydrogens is 275 g/mol. The van der Waals surface area contributed by atoms with Crippen LogP contribution in [0.15, 0.2) is 0 Å². The monoisotopic (exact) mass is 295 g/mol. The maximum absolute atomic E-state index is 12.6. The fraction of sp³-hybridized carbons (Fsp3) is 0.846. The molecule has 1 N–H and O–H groups in total. The van der Waals surface area contributed by atoms with E-state index in [9.17, 15) is 22.8 Å². The number of halogens is 3. The number of methoxy groups -OCH3 is 1. The van der Waals surface area contributed by atoms with E-state index in [1.807, 2.05) is 0 Å². The first-order valence-corrected chi connectivity index (χ1v) is 6.68. The van der Waals surface area contributed by atoms with Gasteiger partial charge in [0.1, 0.15) is 0 Å². The summed E-state index contributed by atoms with van der Waals surface area (Å²) in [5.74, 6) is -2.85. The molecule has 20 heavy (non-hydrogen) atoms. The van der Waals surface area contributed by atoms with E-state index < -0.39 is 35.9 Å². The number of nitrogens with one attached hydrogen (secondary N) is 1. The first-order chi connectivity index (χ1) is 9.24. The molecule has 7 heteroatoms. The summed E-state index contributed by atoms with van der Waals surface area (Å²) in [4.78, 5) is 22.9. The highest BCUT2D eigenvalue weighted by molar-refractivity contribution is 5.82. The van der Waals surface area contributed by atoms with Crippen molar-refractivity contribution in [1.29, 1.82) is 0 Å². The van der Waals surface area contributed by atoms with Crippen LogP contribution in [0.25, 0.3) is 0 Å². The standard InChI is InChI=1S/C13H20F3NO3/c1-8(12(19)20-2)6-11(18)17-10-5-3-4-9(7-10)13(14,15)16/h8-10H,3-7H2,1-2H3,(H,17,18)/t8-,9+,10+/m1/s1. The summed E-state index contributed by atoms with van der Waals surface area (Å²) in [7, 11) is 1.23. The molecule has 0 saturated heterocycles. The number of carbonyl (C=O) groups is 2. The van der Waals surface area contributed by atoms with Crippen molar-refractivity contribution >= 4 is 11.9 Å². The van der Waals surface area contributed by atoms with E-state index in [1.54, 1.807) is 6.92 Å². The third-order valence-electron chi connectivity index (χ3n) is 3.60. The Morgan fingerprint density at radius 1 is 1.35 bits per heavy atom. The number of alkyl halides is 3. The lowest BCUT2D eigenvalue weighted by Gasteiger charge is -2.31. The summed E-state index contributed by atoms with van der Waals surface area (Å²) in [5.41, 5.74) is 0. The van der Waals surface area contributed by atoms with Gasteiger partial charge in [0.25, 0.3) is 0 Å². The maximum Gasteiger partial charge on any atom is 0.391 e. The highest BCUT2D eigenvalue weighted by Gasteiger charge is 2.42. The summed E-state index contributed by atoms with van der Waals surface area (Å²) in [6.45, 7) is 1.55. The van der Waals surface area contributed by atoms with Crippen molar-refractivity contribution in [2.24, 2.45) is 11.8 Å². The van der Waals surface area contributed by atoms with Crippen LogP contribution in [-0.2, 0) is 14.3 Å². The largest absolute Gasteiger partial charge is 0.469 e. The fourth-order valence-electron chi connectivity index (χ4n) is 2.47. The molecule has 1 aliphatic rings. The van der Waals surface area contributed by atoms with Crippen LogP contribution in [0.5, 0.6) is 0 Å². The molecule has 0 aromatic rings. The average Bonchev–Trinajstić information content (AvgIpc) is 2.36. The quantitative estimate of drug-likeness (QED) is 0.810. The van der Waals surface area contributed by atoms with E-state index in [0.717, 1.165) is 0 Å². The first-order valence-electron chi connectivity index (χ1n) is 6.68. The van der Waals surface area contributed by atoms with Crippen LogP contribution in [-0.4, -0.2) is 31.2 Å². The van der Waals surface area contributed by atoms with Crippen molar-refractivity contribution in [3.05, 3.63) is 0 Å². The van der Waals surface area contributed by atoms with Crippen LogP contribution >= 0.6 is 0 Å². The number of hydrogen-bond acceptors (Lipinski definition) is 3. The van der Waals surface area contributed by atoms with Crippen molar-refractivity contribution in [1.82, 2.24) is 5.32 Å². The number of rotatable bonds is 4. The van der Waals surface area contributed by atoms with E-state index in [1.165, 1.54) is 7.11 Å². The number of carbonyl (C=O) groups excluding carboxylic acids is 2. The Morgan fingerprint density at radius 2 is 2.00 bits per heavy atom. The molecule has 1 rings (SSSR count). The topological polar surface area (TPSA) is 55.4 Å². The summed E-state index contributed by atoms with van der Waals surface area (Å²) >= 11 is 0. The normalized spacial score (nSPS) is 24.9. The lowest BCUT2D eigenvalue weighted by molar-refractivity contribution is -0.184. The lowest BCUT2D eigenvalue weighted by atomic mass is 9.85. The minimum absolute atomic E-state index is 0.0696. The van der Waals surface area contributed by atoms with E-state index >= 15 is 0 Å². The second-order valence-corrected chi connectivity index (χ2v) is 5.30. The van der Waals surface area contributed by atoms with Crippen LogP contribution in [0.2, 0.25) is 0 Å². The molecule has 1 fully saturated rings. The van der Waals surface area contributed by atoms with Gasteiger partial charge in [0, 0.05) is 12.5 Å². The molecule has 4 nitrogen and oxygen atoms in total. The zero-order valence-corrected chi connectivity index (χ0v) is 11.6. The van der Waals surface area contributed by atoms with Gasteiger partial charge in [-0.05, 0) is 19.3 Å². The molecule has 1 amide bonds. The zero-order valence-electron chi connectivity index (χ0n) is 11.6. The van der Waals surface area contributed by atoms with Crippen molar-refractivity contribution in [2.75, 3.05) is 7.11 Å². The molecule has 0 aromatic carbocycles. The van der Waals surface area contributed by atoms with Crippen molar-refractivity contribution < 1.29 is 27.5 Å². The molecule has 3 atom stereocenters. The first kappa shape index (κ1) is 16.8. The van der Waals surface area contributed by atoms with E-state index in [-0.39, 0.29) is 19.3 Å². The van der Waals surface area contributed by atoms with Crippen LogP contribution in [0, 0.1) is 11.8 Å². The predicted molar refractivity (Wildman–Crippen MR) is 65.7 cm³/mol. The molecular formula is C13H20F3NO3. The lowest BCUT2D eigenvalue weighted by Crippen LogP contribution is -2.42. The summed E-state index contributed by atoms with van der Waals surface area (Å²) in [5, 5.41) is 2.58. The second kappa shape index (κ2) is 6.95. The molecule has 0 radical (unpaired) electrons. The van der Waals surface area contributed by atoms with Gasteiger partial charge in [0.05, 0.1) is 18.9 Å². The summed E-state index contributed by atoms with van der Waals surface area (Å²) < 4.78 is 42.4. The van der Waals surface area contributed by atoms with Gasteiger partial charge >= 0.3 is 12.1 Å². The number of hydrogen-bond donors (Lipinski definition) is 1. The summed E-state index contributed by atoms with van der Waals surface area (Å²) in [6, 6.07) is -0.465. The SMILES string of the molecule is COC(=O)[C@H](C)CC(=O)N[C@H]1CCC[C@H](C(F)(F)F)C1. The van der Waals surface area contributed by atoms with Gasteiger partial charge in [-0.2, -0.15) is 13.2 Å². The Bertz CT molecular complexity index is 357. The molecule has 116 valence electrons.